The lowest BCUT2D eigenvalue weighted by Crippen LogP contribution is -2.70. The van der Waals surface area contributed by atoms with Crippen molar-refractivity contribution in [2.75, 3.05) is 0 Å². The lowest BCUT2D eigenvalue weighted by atomic mass is 10.0. The second-order valence-corrected chi connectivity index (χ2v) is 5.50. The Bertz CT molecular complexity index is 532. The molecule has 15 heteroatoms. The number of hydrogen-bond donors (Lipinski definition) is 0. The highest BCUT2D eigenvalue weighted by molar-refractivity contribution is 5.14. The number of rotatable bonds is 5. The summed E-state index contributed by atoms with van der Waals surface area (Å²) in [7, 11) is 0. The molecule has 0 bridgehead atoms. The molecule has 27 heavy (non-hydrogen) atoms. The van der Waals surface area contributed by atoms with Gasteiger partial charge in [0, 0.05) is 5.70 Å². The molecule has 0 N–H and O–H groups in total. The van der Waals surface area contributed by atoms with E-state index in [4.69, 9.17) is 0 Å². The van der Waals surface area contributed by atoms with Crippen molar-refractivity contribution < 1.29 is 61.5 Å². The van der Waals surface area contributed by atoms with Crippen LogP contribution in [0.4, 0.5) is 61.5 Å². The molecule has 1 aliphatic rings. The average Bonchev–Trinajstić information content (AvgIpc) is 2.45. The van der Waals surface area contributed by atoms with Gasteiger partial charge in [-0.05, 0) is 25.7 Å². The Hall–Kier alpha value is -1.44. The molecule has 1 aliphatic carbocycles. The summed E-state index contributed by atoms with van der Waals surface area (Å²) in [6.07, 6.45) is -16.3. The van der Waals surface area contributed by atoms with E-state index in [1.807, 2.05) is 0 Å². The van der Waals surface area contributed by atoms with Crippen molar-refractivity contribution in [3.63, 3.8) is 0 Å². The number of hydrogen-bond acceptors (Lipinski definition) is 1. The zero-order valence-electron chi connectivity index (χ0n) is 12.6. The smallest absolute Gasteiger partial charge is 0.247 e. The maximum Gasteiger partial charge on any atom is 0.462 e. The van der Waals surface area contributed by atoms with E-state index in [1.54, 1.807) is 0 Å². The summed E-state index contributed by atoms with van der Waals surface area (Å²) in [4.78, 5) is -2.75. The number of alkyl halides is 14. The first kappa shape index (κ1) is 23.6. The highest BCUT2D eigenvalue weighted by atomic mass is 19.4. The predicted molar refractivity (Wildman–Crippen MR) is 60.3 cm³/mol. The Balaban J connectivity index is 3.71. The molecule has 1 nitrogen and oxygen atoms in total. The quantitative estimate of drug-likeness (QED) is 0.362. The molecule has 0 aromatic heterocycles. The molecule has 0 atom stereocenters. The number of allylic oxidation sites excluding steroid dienone is 2. The van der Waals surface area contributed by atoms with Gasteiger partial charge in [-0.2, -0.15) is 61.5 Å². The minimum atomic E-state index is -7.37. The lowest BCUT2D eigenvalue weighted by molar-refractivity contribution is -0.451. The molecule has 0 aromatic rings. The fourth-order valence-electron chi connectivity index (χ4n) is 2.18. The van der Waals surface area contributed by atoms with Gasteiger partial charge in [0.1, 0.15) is 0 Å². The molecule has 0 saturated heterocycles. The van der Waals surface area contributed by atoms with Gasteiger partial charge in [0.05, 0.1) is 0 Å². The maximum absolute atomic E-state index is 13.8. The van der Waals surface area contributed by atoms with Gasteiger partial charge >= 0.3 is 36.3 Å². The molecule has 0 unspecified atom stereocenters. The molecular formula is C12H9F14N. The van der Waals surface area contributed by atoms with Crippen molar-refractivity contribution >= 4 is 0 Å². The van der Waals surface area contributed by atoms with Crippen LogP contribution in [-0.4, -0.2) is 41.2 Å². The largest absolute Gasteiger partial charge is 0.462 e. The fraction of sp³-hybridized carbons (Fsp3) is 0.833. The Morgan fingerprint density at radius 1 is 0.593 bits per heavy atom. The van der Waals surface area contributed by atoms with Crippen LogP contribution in [0.3, 0.4) is 0 Å². The second kappa shape index (κ2) is 6.57. The third-order valence-corrected chi connectivity index (χ3v) is 3.58. The SMILES string of the molecule is FC(F)(F)C(F)(F)C(F)(F)N(C1=CCCCC1)C(F)(F)C(F)(F)C(F)(F)F. The zero-order valence-corrected chi connectivity index (χ0v) is 12.6. The van der Waals surface area contributed by atoms with Crippen LogP contribution in [0.5, 0.6) is 0 Å². The van der Waals surface area contributed by atoms with E-state index < -0.39 is 66.1 Å². The second-order valence-electron chi connectivity index (χ2n) is 5.50. The van der Waals surface area contributed by atoms with E-state index in [2.05, 4.69) is 0 Å². The van der Waals surface area contributed by atoms with E-state index in [0.717, 1.165) is 0 Å². The van der Waals surface area contributed by atoms with Gasteiger partial charge in [0.15, 0.2) is 0 Å². The first-order valence-corrected chi connectivity index (χ1v) is 6.87. The van der Waals surface area contributed by atoms with Crippen LogP contribution in [0.15, 0.2) is 11.8 Å². The highest BCUT2D eigenvalue weighted by Gasteiger charge is 2.84. The molecule has 0 fully saturated rings. The molecule has 0 radical (unpaired) electrons. The third kappa shape index (κ3) is 3.65. The molecule has 0 aliphatic heterocycles. The van der Waals surface area contributed by atoms with E-state index in [-0.39, 0.29) is 12.5 Å². The Morgan fingerprint density at radius 3 is 1.22 bits per heavy atom. The normalized spacial score (nSPS) is 18.4. The topological polar surface area (TPSA) is 3.24 Å². The van der Waals surface area contributed by atoms with E-state index in [1.165, 1.54) is 0 Å². The van der Waals surface area contributed by atoms with Crippen LogP contribution in [-0.2, 0) is 0 Å². The van der Waals surface area contributed by atoms with Gasteiger partial charge in [-0.1, -0.05) is 6.08 Å². The van der Waals surface area contributed by atoms with Crippen molar-refractivity contribution in [1.29, 1.82) is 0 Å². The van der Waals surface area contributed by atoms with Crippen molar-refractivity contribution in [2.45, 2.75) is 62.0 Å². The molecule has 0 amide bonds. The Morgan fingerprint density at radius 2 is 0.963 bits per heavy atom. The van der Waals surface area contributed by atoms with Gasteiger partial charge in [-0.3, -0.25) is 0 Å². The van der Waals surface area contributed by atoms with Gasteiger partial charge < -0.3 is 0 Å². The first-order valence-electron chi connectivity index (χ1n) is 6.87. The first-order chi connectivity index (χ1) is 11.7. The minimum absolute atomic E-state index is 0.0276. The van der Waals surface area contributed by atoms with E-state index in [9.17, 15) is 61.5 Å². The average molecular weight is 433 g/mol. The van der Waals surface area contributed by atoms with Crippen LogP contribution >= 0.6 is 0 Å². The number of nitrogens with zero attached hydrogens (tertiary/aromatic N) is 1. The predicted octanol–water partition coefficient (Wildman–Crippen LogP) is 6.33. The van der Waals surface area contributed by atoms with Gasteiger partial charge in [0.25, 0.3) is 0 Å². The summed E-state index contributed by atoms with van der Waals surface area (Å²) in [5.74, 6) is -14.7. The van der Waals surface area contributed by atoms with Crippen molar-refractivity contribution in [3.8, 4) is 0 Å². The molecular weight excluding hydrogens is 424 g/mol. The summed E-state index contributed by atoms with van der Waals surface area (Å²) in [5, 5.41) is 0. The van der Waals surface area contributed by atoms with E-state index in [0.29, 0.717) is 0 Å². The van der Waals surface area contributed by atoms with Gasteiger partial charge in [-0.15, -0.1) is 0 Å². The molecule has 0 aromatic carbocycles. The van der Waals surface area contributed by atoms with Crippen LogP contribution in [0.25, 0.3) is 0 Å². The Kier molecular flexibility index (Phi) is 5.74. The minimum Gasteiger partial charge on any atom is -0.247 e. The van der Waals surface area contributed by atoms with Gasteiger partial charge in [0.2, 0.25) is 0 Å². The van der Waals surface area contributed by atoms with Crippen molar-refractivity contribution in [2.24, 2.45) is 0 Å². The summed E-state index contributed by atoms with van der Waals surface area (Å²) in [6, 6.07) is -14.3. The molecule has 0 heterocycles. The fourth-order valence-corrected chi connectivity index (χ4v) is 2.18. The van der Waals surface area contributed by atoms with Gasteiger partial charge in [-0.25, -0.2) is 4.90 Å². The molecule has 0 saturated carbocycles. The summed E-state index contributed by atoms with van der Waals surface area (Å²) in [5.41, 5.74) is -1.89. The van der Waals surface area contributed by atoms with Crippen LogP contribution in [0, 0.1) is 0 Å². The van der Waals surface area contributed by atoms with Crippen LogP contribution < -0.4 is 0 Å². The zero-order chi connectivity index (χ0) is 21.7. The van der Waals surface area contributed by atoms with E-state index >= 15 is 0 Å². The lowest BCUT2D eigenvalue weighted by Gasteiger charge is -2.45. The van der Waals surface area contributed by atoms with Crippen molar-refractivity contribution in [3.05, 3.63) is 11.8 Å². The summed E-state index contributed by atoms with van der Waals surface area (Å²) >= 11 is 0. The third-order valence-electron chi connectivity index (χ3n) is 3.58. The van der Waals surface area contributed by atoms with Crippen molar-refractivity contribution in [1.82, 2.24) is 4.90 Å². The van der Waals surface area contributed by atoms with Crippen LogP contribution in [0.1, 0.15) is 25.7 Å². The standard InChI is InChI=1S/C12H9F14N/c13-7(14,9(17,18)19)11(23,24)27(6-4-2-1-3-5-6)12(25,26)8(15,16)10(20,21)22/h4H,1-3,5H2. The summed E-state index contributed by atoms with van der Waals surface area (Å²) in [6.45, 7) is 0. The monoisotopic (exact) mass is 433 g/mol. The Labute approximate surface area is 141 Å². The molecule has 1 rings (SSSR count). The number of halogens is 14. The maximum atomic E-state index is 13.8. The molecule has 0 spiro atoms. The molecule has 160 valence electrons. The van der Waals surface area contributed by atoms with Crippen LogP contribution in [0.2, 0.25) is 0 Å². The highest BCUT2D eigenvalue weighted by Crippen LogP contribution is 2.57. The summed E-state index contributed by atoms with van der Waals surface area (Å²) < 4.78 is 181.